The van der Waals surface area contributed by atoms with E-state index in [1.807, 2.05) is 18.2 Å². The molecule has 0 aromatic carbocycles. The summed E-state index contributed by atoms with van der Waals surface area (Å²) in [5.74, 6) is 0.692. The van der Waals surface area contributed by atoms with Gasteiger partial charge in [-0.3, -0.25) is 9.78 Å². The molecule has 1 unspecified atom stereocenters. The van der Waals surface area contributed by atoms with Crippen molar-refractivity contribution >= 4 is 34.1 Å². The third-order valence-electron chi connectivity index (χ3n) is 5.04. The Bertz CT molecular complexity index is 1100. The Morgan fingerprint density at radius 1 is 1.26 bits per heavy atom. The lowest BCUT2D eigenvalue weighted by Gasteiger charge is -2.22. The maximum absolute atomic E-state index is 14.0. The highest BCUT2D eigenvalue weighted by Crippen LogP contribution is 2.29. The fourth-order valence-corrected chi connectivity index (χ4v) is 2.97. The second kappa shape index (κ2) is 8.43. The smallest absolute Gasteiger partial charge is 0.255 e. The number of carbonyl (C=O) groups is 1. The number of nitrogens with one attached hydrogen (secondary N) is 3. The highest BCUT2D eigenvalue weighted by atomic mass is 19.1. The van der Waals surface area contributed by atoms with E-state index in [-0.39, 0.29) is 6.54 Å². The SMILES string of the molecule is CC(C)(O)C(F)CNC(=O)c1cnc(Nc2ccc3cnccc3n2)cc1NC1CC1. The predicted octanol–water partition coefficient (Wildman–Crippen LogP) is 3.18. The van der Waals surface area contributed by atoms with Gasteiger partial charge in [-0.25, -0.2) is 14.4 Å². The molecule has 162 valence electrons. The summed E-state index contributed by atoms with van der Waals surface area (Å²) < 4.78 is 14.0. The van der Waals surface area contributed by atoms with Gasteiger partial charge in [-0.15, -0.1) is 0 Å². The van der Waals surface area contributed by atoms with E-state index in [2.05, 4.69) is 30.9 Å². The zero-order chi connectivity index (χ0) is 22.0. The molecule has 0 saturated heterocycles. The minimum Gasteiger partial charge on any atom is -0.387 e. The highest BCUT2D eigenvalue weighted by molar-refractivity contribution is 6.00. The summed E-state index contributed by atoms with van der Waals surface area (Å²) in [6, 6.07) is 7.62. The van der Waals surface area contributed by atoms with Gasteiger partial charge in [-0.05, 0) is 44.9 Å². The van der Waals surface area contributed by atoms with Crippen LogP contribution in [0.25, 0.3) is 10.9 Å². The molecule has 0 bridgehead atoms. The topological polar surface area (TPSA) is 112 Å². The van der Waals surface area contributed by atoms with Gasteiger partial charge in [0.1, 0.15) is 17.8 Å². The number of halogens is 1. The molecule has 1 amide bonds. The van der Waals surface area contributed by atoms with Gasteiger partial charge in [0, 0.05) is 36.1 Å². The minimum atomic E-state index is -1.58. The standard InChI is InChI=1S/C22H25FN6O2/c1-22(2,31)18(23)12-26-21(30)15-11-25-20(9-17(15)27-14-4-5-14)29-19-6-3-13-10-24-8-7-16(13)28-19/h3,6-11,14,18,31H,4-5,12H2,1-2H3,(H,26,30)(H2,25,27,28,29). The van der Waals surface area contributed by atoms with Gasteiger partial charge in [0.25, 0.3) is 5.91 Å². The molecule has 3 aromatic rings. The molecule has 8 nitrogen and oxygen atoms in total. The molecule has 0 radical (unpaired) electrons. The first-order chi connectivity index (χ1) is 14.8. The first-order valence-electron chi connectivity index (χ1n) is 10.2. The number of alkyl halides is 1. The average molecular weight is 424 g/mol. The Balaban J connectivity index is 1.52. The lowest BCUT2D eigenvalue weighted by atomic mass is 10.0. The Hall–Kier alpha value is -3.33. The third kappa shape index (κ3) is 5.24. The lowest BCUT2D eigenvalue weighted by Crippen LogP contribution is -2.42. The number of anilines is 3. The van der Waals surface area contributed by atoms with Gasteiger partial charge in [0.15, 0.2) is 0 Å². The number of amides is 1. The van der Waals surface area contributed by atoms with E-state index in [1.165, 1.54) is 20.0 Å². The van der Waals surface area contributed by atoms with Crippen molar-refractivity contribution in [2.24, 2.45) is 0 Å². The average Bonchev–Trinajstić information content (AvgIpc) is 3.55. The first-order valence-corrected chi connectivity index (χ1v) is 10.2. The zero-order valence-corrected chi connectivity index (χ0v) is 17.4. The summed E-state index contributed by atoms with van der Waals surface area (Å²) in [6.45, 7) is 2.44. The van der Waals surface area contributed by atoms with Crippen molar-refractivity contribution in [1.29, 1.82) is 0 Å². The number of nitrogens with zero attached hydrogens (tertiary/aromatic N) is 3. The van der Waals surface area contributed by atoms with Gasteiger partial charge < -0.3 is 21.1 Å². The maximum Gasteiger partial charge on any atom is 0.255 e. The van der Waals surface area contributed by atoms with Crippen molar-refractivity contribution < 1.29 is 14.3 Å². The number of aromatic nitrogens is 3. The number of hydrogen-bond donors (Lipinski definition) is 4. The normalized spacial score (nSPS) is 14.8. The molecule has 1 atom stereocenters. The van der Waals surface area contributed by atoms with Crippen LogP contribution in [-0.2, 0) is 0 Å². The Labute approximate surface area is 179 Å². The van der Waals surface area contributed by atoms with Crippen LogP contribution < -0.4 is 16.0 Å². The molecule has 1 aliphatic rings. The third-order valence-corrected chi connectivity index (χ3v) is 5.04. The monoisotopic (exact) mass is 424 g/mol. The van der Waals surface area contributed by atoms with Crippen LogP contribution in [0.4, 0.5) is 21.7 Å². The maximum atomic E-state index is 14.0. The van der Waals surface area contributed by atoms with Crippen LogP contribution in [0, 0.1) is 0 Å². The predicted molar refractivity (Wildman–Crippen MR) is 117 cm³/mol. The number of aliphatic hydroxyl groups is 1. The molecule has 9 heteroatoms. The molecule has 0 spiro atoms. The molecule has 4 rings (SSSR count). The Morgan fingerprint density at radius 3 is 2.81 bits per heavy atom. The van der Waals surface area contributed by atoms with E-state index in [0.717, 1.165) is 23.7 Å². The lowest BCUT2D eigenvalue weighted by molar-refractivity contribution is -0.00177. The molecule has 1 saturated carbocycles. The summed E-state index contributed by atoms with van der Waals surface area (Å²) in [5.41, 5.74) is 0.205. The van der Waals surface area contributed by atoms with E-state index in [4.69, 9.17) is 0 Å². The molecule has 3 aromatic heterocycles. The summed E-state index contributed by atoms with van der Waals surface area (Å²) in [5, 5.41) is 19.7. The van der Waals surface area contributed by atoms with E-state index in [9.17, 15) is 14.3 Å². The Kier molecular flexibility index (Phi) is 5.69. The second-order valence-corrected chi connectivity index (χ2v) is 8.25. The second-order valence-electron chi connectivity index (χ2n) is 8.25. The fourth-order valence-electron chi connectivity index (χ4n) is 2.97. The molecule has 3 heterocycles. The zero-order valence-electron chi connectivity index (χ0n) is 17.4. The van der Waals surface area contributed by atoms with Crippen LogP contribution in [0.15, 0.2) is 42.9 Å². The van der Waals surface area contributed by atoms with E-state index in [1.54, 1.807) is 18.5 Å². The molecular formula is C22H25FN6O2. The number of carbonyl (C=O) groups excluding carboxylic acids is 1. The molecule has 4 N–H and O–H groups in total. The van der Waals surface area contributed by atoms with Gasteiger partial charge in [0.2, 0.25) is 0 Å². The number of hydrogen-bond acceptors (Lipinski definition) is 7. The van der Waals surface area contributed by atoms with Crippen molar-refractivity contribution in [3.8, 4) is 0 Å². The van der Waals surface area contributed by atoms with Gasteiger partial charge in [-0.2, -0.15) is 0 Å². The largest absolute Gasteiger partial charge is 0.387 e. The summed E-state index contributed by atoms with van der Waals surface area (Å²) in [6.07, 6.45) is 5.34. The van der Waals surface area contributed by atoms with E-state index >= 15 is 0 Å². The number of fused-ring (bicyclic) bond motifs is 1. The fraction of sp³-hybridized carbons (Fsp3) is 0.364. The molecule has 1 aliphatic carbocycles. The molecule has 31 heavy (non-hydrogen) atoms. The summed E-state index contributed by atoms with van der Waals surface area (Å²) >= 11 is 0. The van der Waals surface area contributed by atoms with Crippen molar-refractivity contribution in [3.05, 3.63) is 48.4 Å². The molecular weight excluding hydrogens is 399 g/mol. The summed E-state index contributed by atoms with van der Waals surface area (Å²) in [7, 11) is 0. The van der Waals surface area contributed by atoms with Crippen molar-refractivity contribution in [2.45, 2.75) is 44.5 Å². The minimum absolute atomic E-state index is 0.291. The van der Waals surface area contributed by atoms with Crippen LogP contribution >= 0.6 is 0 Å². The molecule has 0 aliphatic heterocycles. The van der Waals surface area contributed by atoms with Gasteiger partial charge in [0.05, 0.1) is 28.9 Å². The number of pyridine rings is 3. The van der Waals surface area contributed by atoms with Crippen LogP contribution in [0.2, 0.25) is 0 Å². The quantitative estimate of drug-likeness (QED) is 0.439. The highest BCUT2D eigenvalue weighted by Gasteiger charge is 2.28. The van der Waals surface area contributed by atoms with Gasteiger partial charge >= 0.3 is 0 Å². The van der Waals surface area contributed by atoms with E-state index in [0.29, 0.717) is 28.9 Å². The first kappa shape index (κ1) is 20.9. The van der Waals surface area contributed by atoms with Crippen LogP contribution in [0.5, 0.6) is 0 Å². The van der Waals surface area contributed by atoms with Gasteiger partial charge in [-0.1, -0.05) is 0 Å². The van der Waals surface area contributed by atoms with Crippen molar-refractivity contribution in [3.63, 3.8) is 0 Å². The summed E-state index contributed by atoms with van der Waals surface area (Å²) in [4.78, 5) is 25.6. The number of rotatable bonds is 8. The van der Waals surface area contributed by atoms with Crippen molar-refractivity contribution in [1.82, 2.24) is 20.3 Å². The van der Waals surface area contributed by atoms with Crippen LogP contribution in [0.3, 0.4) is 0 Å². The molecule has 1 fully saturated rings. The van der Waals surface area contributed by atoms with Crippen LogP contribution in [0.1, 0.15) is 37.0 Å². The Morgan fingerprint density at radius 2 is 2.06 bits per heavy atom. The van der Waals surface area contributed by atoms with E-state index < -0.39 is 17.7 Å². The van der Waals surface area contributed by atoms with Crippen LogP contribution in [-0.4, -0.2) is 50.3 Å². The van der Waals surface area contributed by atoms with Crippen molar-refractivity contribution in [2.75, 3.05) is 17.2 Å².